The maximum absolute atomic E-state index is 13.4. The quantitative estimate of drug-likeness (QED) is 0.904. The number of fused-ring (bicyclic) bond motifs is 1. The Balaban J connectivity index is 1.79. The molecule has 1 aliphatic rings. The van der Waals surface area contributed by atoms with E-state index in [-0.39, 0.29) is 23.3 Å². The number of hydrogen-bond acceptors (Lipinski definition) is 3. The highest BCUT2D eigenvalue weighted by atomic mass is 19.1. The molecule has 1 aromatic heterocycles. The first-order valence-corrected chi connectivity index (χ1v) is 8.48. The molecule has 0 saturated carbocycles. The normalized spacial score (nSPS) is 14.2. The molecule has 132 valence electrons. The molecule has 0 aliphatic carbocycles. The number of hydrogen-bond donors (Lipinski definition) is 1. The van der Waals surface area contributed by atoms with E-state index in [2.05, 4.69) is 10.4 Å². The summed E-state index contributed by atoms with van der Waals surface area (Å²) in [7, 11) is 0. The number of aryl methyl sites for hydroxylation is 1. The lowest BCUT2D eigenvalue weighted by Crippen LogP contribution is -2.30. The van der Waals surface area contributed by atoms with Crippen molar-refractivity contribution in [1.29, 1.82) is 0 Å². The third kappa shape index (κ3) is 3.87. The highest BCUT2D eigenvalue weighted by molar-refractivity contribution is 5.98. The fourth-order valence-electron chi connectivity index (χ4n) is 2.88. The molecule has 6 nitrogen and oxygen atoms in total. The van der Waals surface area contributed by atoms with Crippen molar-refractivity contribution in [3.8, 4) is 0 Å². The molecule has 0 saturated heterocycles. The van der Waals surface area contributed by atoms with Crippen molar-refractivity contribution in [2.75, 3.05) is 13.1 Å². The Kier molecular flexibility index (Phi) is 5.11. The fourth-order valence-corrected chi connectivity index (χ4v) is 2.88. The van der Waals surface area contributed by atoms with Gasteiger partial charge in [0.25, 0.3) is 11.8 Å². The molecule has 2 heterocycles. The van der Waals surface area contributed by atoms with Gasteiger partial charge in [0.15, 0.2) is 5.69 Å². The van der Waals surface area contributed by atoms with Crippen LogP contribution in [0.15, 0.2) is 30.3 Å². The van der Waals surface area contributed by atoms with Crippen molar-refractivity contribution in [2.24, 2.45) is 0 Å². The van der Waals surface area contributed by atoms with E-state index in [4.69, 9.17) is 0 Å². The highest BCUT2D eigenvalue weighted by Crippen LogP contribution is 2.17. The van der Waals surface area contributed by atoms with E-state index in [1.807, 2.05) is 6.92 Å². The summed E-state index contributed by atoms with van der Waals surface area (Å²) in [6.45, 7) is 4.01. The molecular weight excluding hydrogens is 323 g/mol. The molecule has 0 unspecified atom stereocenters. The van der Waals surface area contributed by atoms with E-state index in [0.717, 1.165) is 18.4 Å². The first-order valence-electron chi connectivity index (χ1n) is 8.48. The molecule has 3 rings (SSSR count). The SMILES string of the molecule is CCCNC(=O)c1cc2n(n1)CCCN(Cc1cccc(F)c1)C2=O. The molecule has 1 aromatic carbocycles. The van der Waals surface area contributed by atoms with Crippen molar-refractivity contribution >= 4 is 11.8 Å². The van der Waals surface area contributed by atoms with Crippen molar-refractivity contribution in [2.45, 2.75) is 32.9 Å². The molecular formula is C18H21FN4O2. The number of halogens is 1. The Morgan fingerprint density at radius 1 is 1.32 bits per heavy atom. The zero-order valence-corrected chi connectivity index (χ0v) is 14.2. The average Bonchev–Trinajstić information content (AvgIpc) is 2.97. The Labute approximate surface area is 145 Å². The third-order valence-electron chi connectivity index (χ3n) is 4.11. The molecule has 0 spiro atoms. The van der Waals surface area contributed by atoms with Crippen molar-refractivity contribution in [3.05, 3.63) is 53.1 Å². The van der Waals surface area contributed by atoms with Crippen molar-refractivity contribution in [1.82, 2.24) is 20.0 Å². The van der Waals surface area contributed by atoms with Crippen molar-refractivity contribution < 1.29 is 14.0 Å². The van der Waals surface area contributed by atoms with Crippen LogP contribution in [-0.2, 0) is 13.1 Å². The predicted octanol–water partition coefficient (Wildman–Crippen LogP) is 2.21. The van der Waals surface area contributed by atoms with Gasteiger partial charge in [-0.05, 0) is 30.5 Å². The lowest BCUT2D eigenvalue weighted by atomic mass is 10.2. The molecule has 0 atom stereocenters. The second kappa shape index (κ2) is 7.46. The second-order valence-corrected chi connectivity index (χ2v) is 6.10. The van der Waals surface area contributed by atoms with Crippen LogP contribution in [0.5, 0.6) is 0 Å². The number of carbonyl (C=O) groups is 2. The van der Waals surface area contributed by atoms with E-state index < -0.39 is 0 Å². The van der Waals surface area contributed by atoms with Crippen LogP contribution in [0.1, 0.15) is 46.3 Å². The summed E-state index contributed by atoms with van der Waals surface area (Å²) < 4.78 is 15.0. The van der Waals surface area contributed by atoms with Gasteiger partial charge in [-0.25, -0.2) is 4.39 Å². The van der Waals surface area contributed by atoms with E-state index in [9.17, 15) is 14.0 Å². The Bertz CT molecular complexity index is 787. The van der Waals surface area contributed by atoms with Gasteiger partial charge in [0.05, 0.1) is 0 Å². The van der Waals surface area contributed by atoms with Gasteiger partial charge < -0.3 is 10.2 Å². The topological polar surface area (TPSA) is 67.2 Å². The summed E-state index contributed by atoms with van der Waals surface area (Å²) in [6, 6.07) is 7.77. The van der Waals surface area contributed by atoms with Gasteiger partial charge >= 0.3 is 0 Å². The summed E-state index contributed by atoms with van der Waals surface area (Å²) in [5.74, 6) is -0.782. The summed E-state index contributed by atoms with van der Waals surface area (Å²) in [6.07, 6.45) is 1.56. The number of nitrogens with zero attached hydrogens (tertiary/aromatic N) is 3. The van der Waals surface area contributed by atoms with Crippen LogP contribution in [0, 0.1) is 5.82 Å². The number of benzene rings is 1. The van der Waals surface area contributed by atoms with Crippen LogP contribution in [0.2, 0.25) is 0 Å². The summed E-state index contributed by atoms with van der Waals surface area (Å²) in [5, 5.41) is 7.03. The molecule has 2 aromatic rings. The first kappa shape index (κ1) is 17.1. The van der Waals surface area contributed by atoms with Crippen LogP contribution >= 0.6 is 0 Å². The van der Waals surface area contributed by atoms with Crippen LogP contribution in [-0.4, -0.2) is 39.6 Å². The molecule has 1 N–H and O–H groups in total. The Morgan fingerprint density at radius 2 is 2.16 bits per heavy atom. The minimum absolute atomic E-state index is 0.191. The molecule has 7 heteroatoms. The van der Waals surface area contributed by atoms with E-state index in [1.165, 1.54) is 18.2 Å². The fraction of sp³-hybridized carbons (Fsp3) is 0.389. The Hall–Kier alpha value is -2.70. The average molecular weight is 344 g/mol. The lowest BCUT2D eigenvalue weighted by molar-refractivity contribution is 0.0745. The number of carbonyl (C=O) groups excluding carboxylic acids is 2. The molecule has 0 fully saturated rings. The molecule has 0 radical (unpaired) electrons. The van der Waals surface area contributed by atoms with Gasteiger partial charge in [-0.15, -0.1) is 0 Å². The minimum Gasteiger partial charge on any atom is -0.351 e. The van der Waals surface area contributed by atoms with Crippen LogP contribution in [0.3, 0.4) is 0 Å². The van der Waals surface area contributed by atoms with E-state index in [1.54, 1.807) is 21.7 Å². The summed E-state index contributed by atoms with van der Waals surface area (Å²) in [4.78, 5) is 26.6. The maximum Gasteiger partial charge on any atom is 0.272 e. The van der Waals surface area contributed by atoms with Gasteiger partial charge in [-0.3, -0.25) is 14.3 Å². The largest absolute Gasteiger partial charge is 0.351 e. The van der Waals surface area contributed by atoms with Crippen LogP contribution in [0.25, 0.3) is 0 Å². The zero-order valence-electron chi connectivity index (χ0n) is 14.2. The number of amides is 2. The van der Waals surface area contributed by atoms with Gasteiger partial charge in [-0.1, -0.05) is 19.1 Å². The van der Waals surface area contributed by atoms with Gasteiger partial charge in [0.1, 0.15) is 11.5 Å². The summed E-state index contributed by atoms with van der Waals surface area (Å²) >= 11 is 0. The monoisotopic (exact) mass is 344 g/mol. The summed E-state index contributed by atoms with van der Waals surface area (Å²) in [5.41, 5.74) is 1.39. The van der Waals surface area contributed by atoms with Gasteiger partial charge in [0.2, 0.25) is 0 Å². The molecule has 2 amide bonds. The number of rotatable bonds is 5. The predicted molar refractivity (Wildman–Crippen MR) is 90.6 cm³/mol. The smallest absolute Gasteiger partial charge is 0.272 e. The zero-order chi connectivity index (χ0) is 17.8. The Morgan fingerprint density at radius 3 is 2.92 bits per heavy atom. The first-order chi connectivity index (χ1) is 12.1. The maximum atomic E-state index is 13.4. The molecule has 1 aliphatic heterocycles. The van der Waals surface area contributed by atoms with E-state index in [0.29, 0.717) is 31.9 Å². The van der Waals surface area contributed by atoms with Gasteiger partial charge in [0, 0.05) is 32.2 Å². The molecule has 25 heavy (non-hydrogen) atoms. The van der Waals surface area contributed by atoms with Crippen molar-refractivity contribution in [3.63, 3.8) is 0 Å². The lowest BCUT2D eigenvalue weighted by Gasteiger charge is -2.20. The van der Waals surface area contributed by atoms with Gasteiger partial charge in [-0.2, -0.15) is 5.10 Å². The highest BCUT2D eigenvalue weighted by Gasteiger charge is 2.26. The van der Waals surface area contributed by atoms with Crippen LogP contribution < -0.4 is 5.32 Å². The molecule has 0 bridgehead atoms. The standard InChI is InChI=1S/C18H21FN4O2/c1-2-7-20-17(24)15-11-16-18(25)22(8-4-9-23(16)21-15)12-13-5-3-6-14(19)10-13/h3,5-6,10-11H,2,4,7-9,12H2,1H3,(H,20,24). The third-order valence-corrected chi connectivity index (χ3v) is 4.11. The van der Waals surface area contributed by atoms with E-state index >= 15 is 0 Å². The number of aromatic nitrogens is 2. The second-order valence-electron chi connectivity index (χ2n) is 6.10. The minimum atomic E-state index is -0.320. The van der Waals surface area contributed by atoms with Crippen LogP contribution in [0.4, 0.5) is 4.39 Å². The number of nitrogens with one attached hydrogen (secondary N) is 1.